The van der Waals surface area contributed by atoms with Crippen LogP contribution in [0.1, 0.15) is 54.4 Å². The van der Waals surface area contributed by atoms with E-state index in [9.17, 15) is 9.59 Å². The molecule has 0 unspecified atom stereocenters. The summed E-state index contributed by atoms with van der Waals surface area (Å²) >= 11 is 0. The van der Waals surface area contributed by atoms with Gasteiger partial charge in [-0.25, -0.2) is 4.79 Å². The van der Waals surface area contributed by atoms with Gasteiger partial charge in [0.05, 0.1) is 0 Å². The van der Waals surface area contributed by atoms with Gasteiger partial charge < -0.3 is 15.5 Å². The molecule has 6 heteroatoms. The number of nitrogens with one attached hydrogen (secondary N) is 2. The van der Waals surface area contributed by atoms with Crippen LogP contribution in [0.15, 0.2) is 48.5 Å². The standard InChI is InChI=1S/C26H34N4O2/c31-25-12-7-15-30(25)19-22-9-6-8-21(16-22)17-27-26(32)28-18-23-10-2-3-11-24(23)20-29-13-4-1-5-14-29/h2-3,6,8-11,16H,1,4-5,7,12-15,17-20H2,(H2,27,28,32). The van der Waals surface area contributed by atoms with Crippen molar-refractivity contribution >= 4 is 11.9 Å². The topological polar surface area (TPSA) is 64.7 Å². The molecule has 4 rings (SSSR count). The molecule has 6 nitrogen and oxygen atoms in total. The highest BCUT2D eigenvalue weighted by molar-refractivity contribution is 5.78. The van der Waals surface area contributed by atoms with E-state index in [0.717, 1.165) is 43.7 Å². The highest BCUT2D eigenvalue weighted by Gasteiger charge is 2.20. The molecule has 2 fully saturated rings. The minimum atomic E-state index is -0.169. The Morgan fingerprint density at radius 1 is 0.781 bits per heavy atom. The van der Waals surface area contributed by atoms with Crippen molar-refractivity contribution in [2.24, 2.45) is 0 Å². The van der Waals surface area contributed by atoms with Crippen LogP contribution < -0.4 is 10.6 Å². The predicted molar refractivity (Wildman–Crippen MR) is 126 cm³/mol. The summed E-state index contributed by atoms with van der Waals surface area (Å²) in [5.74, 6) is 0.230. The highest BCUT2D eigenvalue weighted by atomic mass is 16.2. The molecule has 2 saturated heterocycles. The fourth-order valence-corrected chi connectivity index (χ4v) is 4.59. The molecule has 0 saturated carbocycles. The number of carbonyl (C=O) groups is 2. The van der Waals surface area contributed by atoms with Gasteiger partial charge in [-0.1, -0.05) is 55.0 Å². The molecule has 0 bridgehead atoms. The molecule has 2 N–H and O–H groups in total. The molecule has 0 aromatic heterocycles. The molecule has 2 aliphatic heterocycles. The number of rotatable bonds is 8. The van der Waals surface area contributed by atoms with Crippen LogP contribution in [0.25, 0.3) is 0 Å². The number of urea groups is 1. The summed E-state index contributed by atoms with van der Waals surface area (Å²) < 4.78 is 0. The van der Waals surface area contributed by atoms with Crippen molar-refractivity contribution in [2.45, 2.75) is 58.3 Å². The van der Waals surface area contributed by atoms with Crippen molar-refractivity contribution in [1.82, 2.24) is 20.4 Å². The summed E-state index contributed by atoms with van der Waals surface area (Å²) in [7, 11) is 0. The van der Waals surface area contributed by atoms with Crippen LogP contribution in [-0.2, 0) is 31.0 Å². The minimum absolute atomic E-state index is 0.169. The fraction of sp³-hybridized carbons (Fsp3) is 0.462. The van der Waals surface area contributed by atoms with Gasteiger partial charge in [-0.2, -0.15) is 0 Å². The second-order valence-electron chi connectivity index (χ2n) is 8.88. The van der Waals surface area contributed by atoms with Crippen LogP contribution in [0.3, 0.4) is 0 Å². The van der Waals surface area contributed by atoms with E-state index in [-0.39, 0.29) is 11.9 Å². The maximum absolute atomic E-state index is 12.4. The van der Waals surface area contributed by atoms with Crippen LogP contribution in [-0.4, -0.2) is 41.4 Å². The average Bonchev–Trinajstić information content (AvgIpc) is 3.22. The molecule has 2 heterocycles. The quantitative estimate of drug-likeness (QED) is 0.664. The van der Waals surface area contributed by atoms with Crippen LogP contribution in [0, 0.1) is 0 Å². The molecule has 32 heavy (non-hydrogen) atoms. The van der Waals surface area contributed by atoms with Crippen LogP contribution in [0.2, 0.25) is 0 Å². The fourth-order valence-electron chi connectivity index (χ4n) is 4.59. The molecule has 0 atom stereocenters. The summed E-state index contributed by atoms with van der Waals surface area (Å²) in [6.07, 6.45) is 5.49. The first-order valence-corrected chi connectivity index (χ1v) is 11.8. The van der Waals surface area contributed by atoms with E-state index >= 15 is 0 Å². The van der Waals surface area contributed by atoms with Gasteiger partial charge in [-0.15, -0.1) is 0 Å². The highest BCUT2D eigenvalue weighted by Crippen LogP contribution is 2.17. The van der Waals surface area contributed by atoms with Crippen molar-refractivity contribution in [1.29, 1.82) is 0 Å². The third-order valence-corrected chi connectivity index (χ3v) is 6.39. The average molecular weight is 435 g/mol. The monoisotopic (exact) mass is 434 g/mol. The maximum Gasteiger partial charge on any atom is 0.315 e. The van der Waals surface area contributed by atoms with Crippen LogP contribution >= 0.6 is 0 Å². The predicted octanol–water partition coefficient (Wildman–Crippen LogP) is 3.79. The first-order valence-electron chi connectivity index (χ1n) is 11.8. The lowest BCUT2D eigenvalue weighted by atomic mass is 10.0. The summed E-state index contributed by atoms with van der Waals surface area (Å²) in [5.41, 5.74) is 4.60. The Balaban J connectivity index is 1.25. The van der Waals surface area contributed by atoms with E-state index in [2.05, 4.69) is 39.8 Å². The summed E-state index contributed by atoms with van der Waals surface area (Å²) in [4.78, 5) is 28.7. The number of likely N-dealkylation sites (tertiary alicyclic amines) is 2. The lowest BCUT2D eigenvalue weighted by Gasteiger charge is -2.27. The second kappa shape index (κ2) is 11.1. The first kappa shape index (κ1) is 22.3. The van der Waals surface area contributed by atoms with E-state index in [1.807, 2.05) is 29.2 Å². The number of amides is 3. The lowest BCUT2D eigenvalue weighted by Crippen LogP contribution is -2.35. The van der Waals surface area contributed by atoms with Gasteiger partial charge in [0.2, 0.25) is 5.91 Å². The van der Waals surface area contributed by atoms with E-state index in [1.165, 1.54) is 30.4 Å². The SMILES string of the molecule is O=C(NCc1cccc(CN2CCCC2=O)c1)NCc1ccccc1CN1CCCCC1. The second-order valence-corrected chi connectivity index (χ2v) is 8.88. The number of hydrogen-bond acceptors (Lipinski definition) is 3. The molecule has 2 aromatic rings. The molecule has 170 valence electrons. The third kappa shape index (κ3) is 6.33. The largest absolute Gasteiger partial charge is 0.338 e. The summed E-state index contributed by atoms with van der Waals surface area (Å²) in [5, 5.41) is 5.96. The van der Waals surface area contributed by atoms with E-state index in [0.29, 0.717) is 26.1 Å². The minimum Gasteiger partial charge on any atom is -0.338 e. The van der Waals surface area contributed by atoms with Gasteiger partial charge in [0.1, 0.15) is 0 Å². The molecule has 0 spiro atoms. The molecule has 2 aromatic carbocycles. The van der Waals surface area contributed by atoms with E-state index in [4.69, 9.17) is 0 Å². The first-order chi connectivity index (χ1) is 15.7. The summed E-state index contributed by atoms with van der Waals surface area (Å²) in [6, 6.07) is 16.3. The zero-order chi connectivity index (χ0) is 22.2. The number of nitrogens with zero attached hydrogens (tertiary/aromatic N) is 2. The molecule has 0 radical (unpaired) electrons. The number of piperidine rings is 1. The Morgan fingerprint density at radius 2 is 1.53 bits per heavy atom. The Hall–Kier alpha value is -2.86. The van der Waals surface area contributed by atoms with E-state index in [1.54, 1.807) is 0 Å². The number of benzene rings is 2. The Labute approximate surface area is 191 Å². The van der Waals surface area contributed by atoms with Gasteiger partial charge in [-0.05, 0) is 54.6 Å². The van der Waals surface area contributed by atoms with E-state index < -0.39 is 0 Å². The molecule has 0 aliphatic carbocycles. The molecular formula is C26H34N4O2. The van der Waals surface area contributed by atoms with Gasteiger partial charge >= 0.3 is 6.03 Å². The van der Waals surface area contributed by atoms with Crippen LogP contribution in [0.5, 0.6) is 0 Å². The van der Waals surface area contributed by atoms with Gasteiger partial charge in [-0.3, -0.25) is 9.69 Å². The molecule has 3 amide bonds. The Morgan fingerprint density at radius 3 is 2.31 bits per heavy atom. The Bertz CT molecular complexity index is 924. The maximum atomic E-state index is 12.4. The van der Waals surface area contributed by atoms with Crippen molar-refractivity contribution in [2.75, 3.05) is 19.6 Å². The van der Waals surface area contributed by atoms with Crippen molar-refractivity contribution in [3.05, 3.63) is 70.8 Å². The van der Waals surface area contributed by atoms with Crippen molar-refractivity contribution in [3.63, 3.8) is 0 Å². The number of carbonyl (C=O) groups excluding carboxylic acids is 2. The van der Waals surface area contributed by atoms with Crippen LogP contribution in [0.4, 0.5) is 4.79 Å². The third-order valence-electron chi connectivity index (χ3n) is 6.39. The van der Waals surface area contributed by atoms with Crippen molar-refractivity contribution < 1.29 is 9.59 Å². The zero-order valence-electron chi connectivity index (χ0n) is 18.8. The van der Waals surface area contributed by atoms with Crippen molar-refractivity contribution in [3.8, 4) is 0 Å². The lowest BCUT2D eigenvalue weighted by molar-refractivity contribution is -0.128. The summed E-state index contributed by atoms with van der Waals surface area (Å²) in [6.45, 7) is 5.73. The van der Waals surface area contributed by atoms with Gasteiger partial charge in [0, 0.05) is 39.1 Å². The Kier molecular flexibility index (Phi) is 7.77. The molecule has 2 aliphatic rings. The normalized spacial score (nSPS) is 16.9. The number of hydrogen-bond donors (Lipinski definition) is 2. The smallest absolute Gasteiger partial charge is 0.315 e. The van der Waals surface area contributed by atoms with Gasteiger partial charge in [0.15, 0.2) is 0 Å². The molecular weight excluding hydrogens is 400 g/mol. The van der Waals surface area contributed by atoms with Gasteiger partial charge in [0.25, 0.3) is 0 Å². The zero-order valence-corrected chi connectivity index (χ0v) is 18.8.